The molecule has 0 saturated carbocycles. The van der Waals surface area contributed by atoms with Gasteiger partial charge in [-0.25, -0.2) is 0 Å². The lowest BCUT2D eigenvalue weighted by molar-refractivity contribution is 0.391. The maximum atomic E-state index is 5.80. The predicted molar refractivity (Wildman–Crippen MR) is 74.2 cm³/mol. The van der Waals surface area contributed by atoms with Gasteiger partial charge in [-0.3, -0.25) is 0 Å². The lowest BCUT2D eigenvalue weighted by Crippen LogP contribution is -2.28. The van der Waals surface area contributed by atoms with E-state index in [1.54, 1.807) is 14.2 Å². The summed E-state index contributed by atoms with van der Waals surface area (Å²) in [6.07, 6.45) is 2.80. The van der Waals surface area contributed by atoms with Crippen molar-refractivity contribution in [3.8, 4) is 11.5 Å². The van der Waals surface area contributed by atoms with Gasteiger partial charge in [0.15, 0.2) is 0 Å². The minimum Gasteiger partial charge on any atom is -0.497 e. The Morgan fingerprint density at radius 1 is 1.28 bits per heavy atom. The van der Waals surface area contributed by atoms with Gasteiger partial charge >= 0.3 is 0 Å². The minimum absolute atomic E-state index is 0.0916. The van der Waals surface area contributed by atoms with Gasteiger partial charge in [0, 0.05) is 18.7 Å². The second kappa shape index (κ2) is 7.74. The predicted octanol–water partition coefficient (Wildman–Crippen LogP) is 1.87. The van der Waals surface area contributed by atoms with Gasteiger partial charge in [0.2, 0.25) is 0 Å². The Balaban J connectivity index is 2.86. The third kappa shape index (κ3) is 4.05. The molecule has 0 aliphatic heterocycles. The van der Waals surface area contributed by atoms with Gasteiger partial charge in [-0.15, -0.1) is 6.58 Å². The van der Waals surface area contributed by atoms with Crippen LogP contribution in [0.15, 0.2) is 30.9 Å². The molecule has 0 aliphatic carbocycles. The maximum Gasteiger partial charge on any atom is 0.122 e. The molecule has 4 nitrogen and oxygen atoms in total. The zero-order chi connectivity index (χ0) is 13.4. The largest absolute Gasteiger partial charge is 0.497 e. The normalized spacial score (nSPS) is 11.9. The van der Waals surface area contributed by atoms with Gasteiger partial charge in [-0.1, -0.05) is 6.08 Å². The van der Waals surface area contributed by atoms with E-state index in [2.05, 4.69) is 11.9 Å². The van der Waals surface area contributed by atoms with Crippen LogP contribution in [-0.2, 0) is 0 Å². The molecule has 0 bridgehead atoms. The van der Waals surface area contributed by atoms with Crippen LogP contribution in [0.3, 0.4) is 0 Å². The van der Waals surface area contributed by atoms with Crippen LogP contribution in [0.2, 0.25) is 0 Å². The summed E-state index contributed by atoms with van der Waals surface area (Å²) in [6.45, 7) is 5.07. The number of nitrogens with two attached hydrogens (primary N) is 1. The molecule has 1 unspecified atom stereocenters. The fraction of sp³-hybridized carbons (Fsp3) is 0.429. The first-order valence-corrected chi connectivity index (χ1v) is 6.02. The van der Waals surface area contributed by atoms with Crippen LogP contribution in [0.1, 0.15) is 18.0 Å². The van der Waals surface area contributed by atoms with Crippen LogP contribution >= 0.6 is 0 Å². The van der Waals surface area contributed by atoms with Crippen LogP contribution < -0.4 is 20.5 Å². The van der Waals surface area contributed by atoms with Gasteiger partial charge in [0.1, 0.15) is 11.5 Å². The molecule has 100 valence electrons. The van der Waals surface area contributed by atoms with Crippen molar-refractivity contribution < 1.29 is 9.47 Å². The summed E-state index contributed by atoms with van der Waals surface area (Å²) >= 11 is 0. The standard InChI is InChI=1S/C14H22N2O2/c1-4-5-6-16-14(10-15)11-7-12(17-2)9-13(8-11)18-3/h4,7-9,14,16H,1,5-6,10,15H2,2-3H3. The molecule has 0 spiro atoms. The summed E-state index contributed by atoms with van der Waals surface area (Å²) in [7, 11) is 3.28. The van der Waals surface area contributed by atoms with Crippen molar-refractivity contribution in [2.75, 3.05) is 27.3 Å². The Labute approximate surface area is 109 Å². The molecule has 0 aromatic heterocycles. The van der Waals surface area contributed by atoms with E-state index in [1.165, 1.54) is 0 Å². The first-order valence-electron chi connectivity index (χ1n) is 6.02. The Hall–Kier alpha value is -1.52. The number of benzene rings is 1. The molecule has 1 atom stereocenters. The van der Waals surface area contributed by atoms with Crippen LogP contribution in [-0.4, -0.2) is 27.3 Å². The Kier molecular flexibility index (Phi) is 6.25. The van der Waals surface area contributed by atoms with E-state index < -0.39 is 0 Å². The summed E-state index contributed by atoms with van der Waals surface area (Å²) in [4.78, 5) is 0. The van der Waals surface area contributed by atoms with Gasteiger partial charge in [0.25, 0.3) is 0 Å². The first kappa shape index (κ1) is 14.5. The van der Waals surface area contributed by atoms with Crippen molar-refractivity contribution in [1.82, 2.24) is 5.32 Å². The SMILES string of the molecule is C=CCCNC(CN)c1cc(OC)cc(OC)c1. The van der Waals surface area contributed by atoms with E-state index in [0.717, 1.165) is 30.0 Å². The number of ether oxygens (including phenoxy) is 2. The molecule has 0 heterocycles. The molecule has 0 saturated heterocycles. The van der Waals surface area contributed by atoms with E-state index in [4.69, 9.17) is 15.2 Å². The molecular weight excluding hydrogens is 228 g/mol. The highest BCUT2D eigenvalue weighted by molar-refractivity contribution is 5.40. The van der Waals surface area contributed by atoms with Crippen molar-refractivity contribution in [1.29, 1.82) is 0 Å². The number of nitrogens with one attached hydrogen (secondary N) is 1. The monoisotopic (exact) mass is 250 g/mol. The van der Waals surface area contributed by atoms with E-state index in [1.807, 2.05) is 24.3 Å². The molecular formula is C14H22N2O2. The van der Waals surface area contributed by atoms with Crippen molar-refractivity contribution >= 4 is 0 Å². The van der Waals surface area contributed by atoms with Crippen LogP contribution in [0.5, 0.6) is 11.5 Å². The first-order chi connectivity index (χ1) is 8.74. The molecule has 0 radical (unpaired) electrons. The second-order valence-electron chi connectivity index (χ2n) is 3.97. The van der Waals surface area contributed by atoms with Gasteiger partial charge in [-0.2, -0.15) is 0 Å². The molecule has 3 N–H and O–H groups in total. The molecule has 1 rings (SSSR count). The Bertz CT molecular complexity index is 358. The van der Waals surface area contributed by atoms with E-state index in [-0.39, 0.29) is 6.04 Å². The summed E-state index contributed by atoms with van der Waals surface area (Å²) in [5.74, 6) is 1.54. The van der Waals surface area contributed by atoms with Crippen molar-refractivity contribution in [2.45, 2.75) is 12.5 Å². The third-order valence-electron chi connectivity index (χ3n) is 2.75. The van der Waals surface area contributed by atoms with Gasteiger partial charge in [0.05, 0.1) is 14.2 Å². The third-order valence-corrected chi connectivity index (χ3v) is 2.75. The van der Waals surface area contributed by atoms with Gasteiger partial charge < -0.3 is 20.5 Å². The Morgan fingerprint density at radius 2 is 1.89 bits per heavy atom. The minimum atomic E-state index is 0.0916. The quantitative estimate of drug-likeness (QED) is 0.546. The lowest BCUT2D eigenvalue weighted by atomic mass is 10.1. The summed E-state index contributed by atoms with van der Waals surface area (Å²) in [5.41, 5.74) is 6.87. The highest BCUT2D eigenvalue weighted by atomic mass is 16.5. The molecule has 0 fully saturated rings. The molecule has 18 heavy (non-hydrogen) atoms. The highest BCUT2D eigenvalue weighted by Gasteiger charge is 2.11. The lowest BCUT2D eigenvalue weighted by Gasteiger charge is -2.18. The zero-order valence-electron chi connectivity index (χ0n) is 11.1. The van der Waals surface area contributed by atoms with E-state index in [0.29, 0.717) is 6.54 Å². The van der Waals surface area contributed by atoms with Gasteiger partial charge in [-0.05, 0) is 30.7 Å². The average Bonchev–Trinajstić information content (AvgIpc) is 2.43. The number of hydrogen-bond acceptors (Lipinski definition) is 4. The van der Waals surface area contributed by atoms with E-state index in [9.17, 15) is 0 Å². The number of methoxy groups -OCH3 is 2. The van der Waals surface area contributed by atoms with Crippen molar-refractivity contribution in [3.63, 3.8) is 0 Å². The van der Waals surface area contributed by atoms with Crippen molar-refractivity contribution in [2.24, 2.45) is 5.73 Å². The molecule has 1 aromatic rings. The smallest absolute Gasteiger partial charge is 0.122 e. The number of rotatable bonds is 8. The molecule has 1 aromatic carbocycles. The van der Waals surface area contributed by atoms with Crippen LogP contribution in [0, 0.1) is 0 Å². The maximum absolute atomic E-state index is 5.80. The molecule has 0 aliphatic rings. The Morgan fingerprint density at radius 3 is 2.33 bits per heavy atom. The average molecular weight is 250 g/mol. The van der Waals surface area contributed by atoms with Crippen molar-refractivity contribution in [3.05, 3.63) is 36.4 Å². The molecule has 4 heteroatoms. The zero-order valence-corrected chi connectivity index (χ0v) is 11.1. The fourth-order valence-corrected chi connectivity index (χ4v) is 1.73. The van der Waals surface area contributed by atoms with Crippen LogP contribution in [0.25, 0.3) is 0 Å². The second-order valence-corrected chi connectivity index (χ2v) is 3.97. The van der Waals surface area contributed by atoms with Crippen LogP contribution in [0.4, 0.5) is 0 Å². The molecule has 0 amide bonds. The van der Waals surface area contributed by atoms with E-state index >= 15 is 0 Å². The topological polar surface area (TPSA) is 56.5 Å². The summed E-state index contributed by atoms with van der Waals surface area (Å²) < 4.78 is 10.5. The highest BCUT2D eigenvalue weighted by Crippen LogP contribution is 2.26. The summed E-state index contributed by atoms with van der Waals surface area (Å²) in [6, 6.07) is 5.89. The number of hydrogen-bond donors (Lipinski definition) is 2. The summed E-state index contributed by atoms with van der Waals surface area (Å²) in [5, 5.41) is 3.38. The fourth-order valence-electron chi connectivity index (χ4n) is 1.73.